The first kappa shape index (κ1) is 22.6. The van der Waals surface area contributed by atoms with Crippen LogP contribution in [0.15, 0.2) is 36.7 Å². The Bertz CT molecular complexity index is 1120. The molecule has 1 aliphatic heterocycles. The van der Waals surface area contributed by atoms with Crippen LogP contribution in [-0.4, -0.2) is 48.6 Å². The van der Waals surface area contributed by atoms with Crippen molar-refractivity contribution < 1.29 is 4.79 Å². The summed E-state index contributed by atoms with van der Waals surface area (Å²) >= 11 is 17.9. The summed E-state index contributed by atoms with van der Waals surface area (Å²) < 4.78 is 3.29. The molecule has 2 N–H and O–H groups in total. The number of halogens is 2. The maximum absolute atomic E-state index is 13.0. The molecule has 1 fully saturated rings. The molecule has 8 nitrogen and oxygen atoms in total. The molecule has 0 aliphatic carbocycles. The Labute approximate surface area is 201 Å². The van der Waals surface area contributed by atoms with Crippen molar-refractivity contribution in [3.05, 3.63) is 58.0 Å². The third-order valence-electron chi connectivity index (χ3n) is 5.30. The van der Waals surface area contributed by atoms with E-state index in [2.05, 4.69) is 20.8 Å². The fourth-order valence-corrected chi connectivity index (χ4v) is 4.39. The Morgan fingerprint density at radius 2 is 1.84 bits per heavy atom. The van der Waals surface area contributed by atoms with Crippen LogP contribution in [0.2, 0.25) is 10.0 Å². The minimum Gasteiger partial charge on any atom is -0.337 e. The molecule has 1 amide bonds. The number of nitrogens with one attached hydrogen (secondary N) is 2. The minimum absolute atomic E-state index is 0.0455. The topological polar surface area (TPSA) is 80.0 Å². The fourth-order valence-electron chi connectivity index (χ4n) is 3.66. The summed E-state index contributed by atoms with van der Waals surface area (Å²) in [6.07, 6.45) is 6.61. The van der Waals surface area contributed by atoms with Crippen LogP contribution in [-0.2, 0) is 13.6 Å². The predicted octanol–water partition coefficient (Wildman–Crippen LogP) is 4.41. The summed E-state index contributed by atoms with van der Waals surface area (Å²) in [5.74, 6) is 0.509. The second-order valence-electron chi connectivity index (χ2n) is 7.56. The van der Waals surface area contributed by atoms with Crippen LogP contribution in [0.3, 0.4) is 0 Å². The van der Waals surface area contributed by atoms with E-state index >= 15 is 0 Å². The second-order valence-corrected chi connectivity index (χ2v) is 8.78. The zero-order chi connectivity index (χ0) is 22.7. The monoisotopic (exact) mass is 491 g/mol. The Balaban J connectivity index is 1.41. The normalized spacial score (nSPS) is 13.8. The number of anilines is 2. The van der Waals surface area contributed by atoms with E-state index in [0.717, 1.165) is 37.9 Å². The summed E-state index contributed by atoms with van der Waals surface area (Å²) in [7, 11) is 1.75. The molecule has 0 radical (unpaired) electrons. The lowest BCUT2D eigenvalue weighted by Gasteiger charge is -2.27. The van der Waals surface area contributed by atoms with Crippen molar-refractivity contribution in [2.75, 3.05) is 23.7 Å². The van der Waals surface area contributed by atoms with Crippen LogP contribution >= 0.6 is 35.4 Å². The summed E-state index contributed by atoms with van der Waals surface area (Å²) in [6.45, 7) is 1.95. The molecular formula is C21H23Cl2N7OS. The highest BCUT2D eigenvalue weighted by Gasteiger charge is 2.24. The van der Waals surface area contributed by atoms with Crippen molar-refractivity contribution in [1.82, 2.24) is 24.5 Å². The van der Waals surface area contributed by atoms with Gasteiger partial charge in [-0.3, -0.25) is 14.2 Å². The summed E-state index contributed by atoms with van der Waals surface area (Å²) in [5, 5.41) is 16.3. The zero-order valence-corrected chi connectivity index (χ0v) is 19.8. The average Bonchev–Trinajstić information content (AvgIpc) is 3.37. The Morgan fingerprint density at radius 1 is 1.12 bits per heavy atom. The number of likely N-dealkylation sites (tertiary alicyclic amines) is 1. The lowest BCUT2D eigenvalue weighted by Crippen LogP contribution is -2.37. The maximum Gasteiger partial charge on any atom is 0.274 e. The lowest BCUT2D eigenvalue weighted by molar-refractivity contribution is 0.0714. The number of carbonyl (C=O) groups excluding carboxylic acids is 1. The van der Waals surface area contributed by atoms with E-state index in [9.17, 15) is 4.79 Å². The third kappa shape index (κ3) is 5.06. The number of aryl methyl sites for hydroxylation is 1. The summed E-state index contributed by atoms with van der Waals surface area (Å²) in [5.41, 5.74) is 1.83. The van der Waals surface area contributed by atoms with Crippen LogP contribution in [0.5, 0.6) is 0 Å². The van der Waals surface area contributed by atoms with E-state index in [0.29, 0.717) is 38.9 Å². The van der Waals surface area contributed by atoms with Crippen LogP contribution < -0.4 is 10.6 Å². The molecule has 0 bridgehead atoms. The lowest BCUT2D eigenvalue weighted by atomic mass is 10.1. The van der Waals surface area contributed by atoms with Gasteiger partial charge in [0.25, 0.3) is 5.91 Å². The molecule has 32 heavy (non-hydrogen) atoms. The molecule has 168 valence electrons. The van der Waals surface area contributed by atoms with Crippen LogP contribution in [0.1, 0.15) is 35.3 Å². The van der Waals surface area contributed by atoms with Crippen LogP contribution in [0.25, 0.3) is 0 Å². The van der Waals surface area contributed by atoms with Crippen molar-refractivity contribution in [2.24, 2.45) is 7.05 Å². The molecule has 1 aliphatic rings. The molecular weight excluding hydrogens is 469 g/mol. The van der Waals surface area contributed by atoms with Gasteiger partial charge in [0.15, 0.2) is 10.9 Å². The fraction of sp³-hybridized carbons (Fsp3) is 0.333. The van der Waals surface area contributed by atoms with Gasteiger partial charge in [0.1, 0.15) is 5.69 Å². The molecule has 4 rings (SSSR count). The number of benzene rings is 1. The van der Waals surface area contributed by atoms with E-state index in [1.54, 1.807) is 53.1 Å². The first-order chi connectivity index (χ1) is 15.4. The number of thiocarbonyl (C=S) groups is 1. The van der Waals surface area contributed by atoms with Crippen molar-refractivity contribution in [3.8, 4) is 0 Å². The van der Waals surface area contributed by atoms with Crippen molar-refractivity contribution >= 4 is 57.9 Å². The molecule has 0 spiro atoms. The van der Waals surface area contributed by atoms with Gasteiger partial charge in [0.05, 0.1) is 18.4 Å². The van der Waals surface area contributed by atoms with Gasteiger partial charge in [-0.25, -0.2) is 0 Å². The number of piperidine rings is 1. The first-order valence-electron chi connectivity index (χ1n) is 10.3. The van der Waals surface area contributed by atoms with Gasteiger partial charge in [-0.1, -0.05) is 29.3 Å². The van der Waals surface area contributed by atoms with Gasteiger partial charge >= 0.3 is 0 Å². The molecule has 1 saturated heterocycles. The molecule has 0 unspecified atom stereocenters. The average molecular weight is 492 g/mol. The van der Waals surface area contributed by atoms with Gasteiger partial charge in [-0.2, -0.15) is 10.2 Å². The number of rotatable bonds is 5. The van der Waals surface area contributed by atoms with E-state index in [4.69, 9.17) is 35.4 Å². The molecule has 0 saturated carbocycles. The molecule has 11 heteroatoms. The van der Waals surface area contributed by atoms with Crippen LogP contribution in [0.4, 0.5) is 11.5 Å². The van der Waals surface area contributed by atoms with Crippen molar-refractivity contribution in [2.45, 2.75) is 25.8 Å². The molecule has 3 aromatic rings. The highest BCUT2D eigenvalue weighted by Crippen LogP contribution is 2.25. The van der Waals surface area contributed by atoms with Gasteiger partial charge in [0.2, 0.25) is 0 Å². The van der Waals surface area contributed by atoms with Crippen molar-refractivity contribution in [1.29, 1.82) is 0 Å². The van der Waals surface area contributed by atoms with Gasteiger partial charge < -0.3 is 15.5 Å². The standard InChI is InChI=1S/C21H23Cl2N7OS/c1-28-19(20(31)29-9-3-2-4-10-29)17(12-24-28)25-21(32)26-18-8-11-30(27-18)13-14-15(22)6-5-7-16(14)23/h5-8,11-12H,2-4,9-10,13H2,1H3,(H2,25,26,27,32). The molecule has 3 heterocycles. The van der Waals surface area contributed by atoms with Gasteiger partial charge in [0, 0.05) is 48.0 Å². The van der Waals surface area contributed by atoms with Crippen LogP contribution in [0, 0.1) is 0 Å². The highest BCUT2D eigenvalue weighted by molar-refractivity contribution is 7.80. The smallest absolute Gasteiger partial charge is 0.274 e. The van der Waals surface area contributed by atoms with Crippen molar-refractivity contribution in [3.63, 3.8) is 0 Å². The number of nitrogens with zero attached hydrogens (tertiary/aromatic N) is 5. The number of hydrogen-bond acceptors (Lipinski definition) is 4. The molecule has 0 atom stereocenters. The number of hydrogen-bond donors (Lipinski definition) is 2. The Morgan fingerprint density at radius 3 is 2.56 bits per heavy atom. The van der Waals surface area contributed by atoms with E-state index < -0.39 is 0 Å². The second kappa shape index (κ2) is 9.89. The van der Waals surface area contributed by atoms with E-state index in [-0.39, 0.29) is 5.91 Å². The first-order valence-corrected chi connectivity index (χ1v) is 11.4. The number of carbonyl (C=O) groups is 1. The Kier molecular flexibility index (Phi) is 6.98. The Hall–Kier alpha value is -2.62. The highest BCUT2D eigenvalue weighted by atomic mass is 35.5. The zero-order valence-electron chi connectivity index (χ0n) is 17.5. The largest absolute Gasteiger partial charge is 0.337 e. The number of amides is 1. The quantitative estimate of drug-likeness (QED) is 0.514. The van der Waals surface area contributed by atoms with E-state index in [1.807, 2.05) is 4.90 Å². The summed E-state index contributed by atoms with van der Waals surface area (Å²) in [4.78, 5) is 14.9. The molecule has 2 aromatic heterocycles. The van der Waals surface area contributed by atoms with Gasteiger partial charge in [-0.15, -0.1) is 0 Å². The minimum atomic E-state index is -0.0455. The SMILES string of the molecule is Cn1ncc(NC(=S)Nc2ccn(Cc3c(Cl)cccc3Cl)n2)c1C(=O)N1CCCCC1. The maximum atomic E-state index is 13.0. The third-order valence-corrected chi connectivity index (χ3v) is 6.21. The van der Waals surface area contributed by atoms with Gasteiger partial charge in [-0.05, 0) is 43.6 Å². The molecule has 1 aromatic carbocycles. The number of aromatic nitrogens is 4. The van der Waals surface area contributed by atoms with E-state index in [1.165, 1.54) is 0 Å². The summed E-state index contributed by atoms with van der Waals surface area (Å²) in [6, 6.07) is 7.18. The predicted molar refractivity (Wildman–Crippen MR) is 131 cm³/mol.